The molecule has 1 N–H and O–H groups in total. The Morgan fingerprint density at radius 3 is 2.65 bits per heavy atom. The quantitative estimate of drug-likeness (QED) is 0.694. The van der Waals surface area contributed by atoms with E-state index in [1.807, 2.05) is 30.3 Å². The van der Waals surface area contributed by atoms with Crippen LogP contribution in [-0.2, 0) is 6.54 Å². The highest BCUT2D eigenvalue weighted by molar-refractivity contribution is 7.80. The van der Waals surface area contributed by atoms with Crippen LogP contribution in [0, 0.1) is 0 Å². The van der Waals surface area contributed by atoms with Crippen LogP contribution in [0.15, 0.2) is 58.5 Å². The molecule has 1 saturated heterocycles. The maximum Gasteiger partial charge on any atom is 0.185 e. The Balaban J connectivity index is 1.31. The van der Waals surface area contributed by atoms with Crippen molar-refractivity contribution in [2.24, 2.45) is 0 Å². The molecule has 0 saturated carbocycles. The standard InChI is InChI=1S/C19H20N4OS2/c25-18(20-13-16-7-4-12-24-16)22-8-10-23(11-9-22)19-21-17(14-26-19)15-5-2-1-3-6-15/h1-7,12,14H,8-11,13H2,(H,20,25). The number of rotatable bonds is 4. The molecule has 1 aliphatic rings. The first-order valence-electron chi connectivity index (χ1n) is 8.60. The Morgan fingerprint density at radius 1 is 1.12 bits per heavy atom. The molecule has 3 heterocycles. The molecule has 7 heteroatoms. The number of nitrogens with zero attached hydrogens (tertiary/aromatic N) is 3. The van der Waals surface area contributed by atoms with Gasteiger partial charge in [0.2, 0.25) is 0 Å². The van der Waals surface area contributed by atoms with E-state index in [2.05, 4.69) is 32.6 Å². The molecule has 5 nitrogen and oxygen atoms in total. The fraction of sp³-hybridized carbons (Fsp3) is 0.263. The normalized spacial score (nSPS) is 14.5. The van der Waals surface area contributed by atoms with Crippen molar-refractivity contribution in [2.45, 2.75) is 6.54 Å². The summed E-state index contributed by atoms with van der Waals surface area (Å²) in [6.45, 7) is 4.25. The molecule has 0 unspecified atom stereocenters. The zero-order chi connectivity index (χ0) is 17.8. The summed E-state index contributed by atoms with van der Waals surface area (Å²) in [6, 6.07) is 14.1. The number of hydrogen-bond acceptors (Lipinski definition) is 5. The number of thiazole rings is 1. The van der Waals surface area contributed by atoms with Crippen LogP contribution >= 0.6 is 23.6 Å². The highest BCUT2D eigenvalue weighted by atomic mass is 32.1. The lowest BCUT2D eigenvalue weighted by molar-refractivity contribution is 0.377. The minimum Gasteiger partial charge on any atom is -0.467 e. The summed E-state index contributed by atoms with van der Waals surface area (Å²) >= 11 is 7.22. The van der Waals surface area contributed by atoms with Crippen LogP contribution in [0.5, 0.6) is 0 Å². The molecule has 0 aliphatic carbocycles. The number of thiocarbonyl (C=S) groups is 1. The van der Waals surface area contributed by atoms with Gasteiger partial charge in [-0.15, -0.1) is 11.3 Å². The maximum absolute atomic E-state index is 5.51. The highest BCUT2D eigenvalue weighted by Gasteiger charge is 2.21. The molecule has 3 aromatic rings. The molecular formula is C19H20N4OS2. The van der Waals surface area contributed by atoms with Crippen molar-refractivity contribution in [3.8, 4) is 11.3 Å². The van der Waals surface area contributed by atoms with Gasteiger partial charge in [-0.1, -0.05) is 30.3 Å². The third-order valence-electron chi connectivity index (χ3n) is 4.39. The lowest BCUT2D eigenvalue weighted by atomic mass is 10.2. The Morgan fingerprint density at radius 2 is 1.92 bits per heavy atom. The zero-order valence-corrected chi connectivity index (χ0v) is 15.9. The van der Waals surface area contributed by atoms with Gasteiger partial charge in [0.15, 0.2) is 10.2 Å². The lowest BCUT2D eigenvalue weighted by Crippen LogP contribution is -2.51. The number of hydrogen-bond donors (Lipinski definition) is 1. The molecule has 0 bridgehead atoms. The largest absolute Gasteiger partial charge is 0.467 e. The molecule has 26 heavy (non-hydrogen) atoms. The average Bonchev–Trinajstić information content (AvgIpc) is 3.39. The fourth-order valence-corrected chi connectivity index (χ4v) is 4.08. The van der Waals surface area contributed by atoms with Crippen molar-refractivity contribution in [2.75, 3.05) is 31.1 Å². The molecule has 134 valence electrons. The summed E-state index contributed by atoms with van der Waals surface area (Å²) in [6.07, 6.45) is 1.68. The van der Waals surface area contributed by atoms with Crippen molar-refractivity contribution in [1.82, 2.24) is 15.2 Å². The van der Waals surface area contributed by atoms with E-state index in [1.165, 1.54) is 0 Å². The first kappa shape index (κ1) is 17.1. The Bertz CT molecular complexity index is 840. The Labute approximate surface area is 162 Å². The second kappa shape index (κ2) is 7.88. The third-order valence-corrected chi connectivity index (χ3v) is 5.70. The van der Waals surface area contributed by atoms with Crippen LogP contribution in [0.4, 0.5) is 5.13 Å². The summed E-state index contributed by atoms with van der Waals surface area (Å²) in [5, 5.41) is 7.26. The minimum absolute atomic E-state index is 0.624. The maximum atomic E-state index is 5.51. The van der Waals surface area contributed by atoms with Gasteiger partial charge in [0, 0.05) is 37.1 Å². The number of nitrogens with one attached hydrogen (secondary N) is 1. The predicted octanol–water partition coefficient (Wildman–Crippen LogP) is 3.60. The van der Waals surface area contributed by atoms with E-state index in [0.29, 0.717) is 6.54 Å². The van der Waals surface area contributed by atoms with Crippen molar-refractivity contribution in [1.29, 1.82) is 0 Å². The number of piperazine rings is 1. The first-order chi connectivity index (χ1) is 12.8. The van der Waals surface area contributed by atoms with Crippen LogP contribution < -0.4 is 10.2 Å². The Hall–Kier alpha value is -2.38. The number of benzene rings is 1. The molecule has 4 rings (SSSR count). The number of aromatic nitrogens is 1. The van der Waals surface area contributed by atoms with E-state index < -0.39 is 0 Å². The van der Waals surface area contributed by atoms with E-state index in [1.54, 1.807) is 17.6 Å². The van der Waals surface area contributed by atoms with Gasteiger partial charge in [0.25, 0.3) is 0 Å². The second-order valence-electron chi connectivity index (χ2n) is 6.09. The fourth-order valence-electron chi connectivity index (χ4n) is 2.94. The molecule has 1 fully saturated rings. The van der Waals surface area contributed by atoms with Gasteiger partial charge >= 0.3 is 0 Å². The lowest BCUT2D eigenvalue weighted by Gasteiger charge is -2.36. The molecule has 1 aromatic carbocycles. The van der Waals surface area contributed by atoms with E-state index in [9.17, 15) is 0 Å². The van der Waals surface area contributed by atoms with Gasteiger partial charge in [-0.05, 0) is 24.4 Å². The van der Waals surface area contributed by atoms with Gasteiger partial charge in [0.05, 0.1) is 18.5 Å². The molecule has 1 aliphatic heterocycles. The van der Waals surface area contributed by atoms with Crippen molar-refractivity contribution < 1.29 is 4.42 Å². The zero-order valence-electron chi connectivity index (χ0n) is 14.3. The third kappa shape index (κ3) is 3.89. The van der Waals surface area contributed by atoms with Crippen LogP contribution in [0.25, 0.3) is 11.3 Å². The van der Waals surface area contributed by atoms with Gasteiger partial charge in [-0.3, -0.25) is 0 Å². The summed E-state index contributed by atoms with van der Waals surface area (Å²) in [7, 11) is 0. The summed E-state index contributed by atoms with van der Waals surface area (Å²) in [4.78, 5) is 9.35. The second-order valence-corrected chi connectivity index (χ2v) is 7.32. The predicted molar refractivity (Wildman–Crippen MR) is 109 cm³/mol. The monoisotopic (exact) mass is 384 g/mol. The van der Waals surface area contributed by atoms with Gasteiger partial charge in [-0.2, -0.15) is 0 Å². The minimum atomic E-state index is 0.624. The van der Waals surface area contributed by atoms with E-state index in [-0.39, 0.29) is 0 Å². The van der Waals surface area contributed by atoms with Crippen LogP contribution in [-0.4, -0.2) is 41.2 Å². The molecule has 0 atom stereocenters. The van der Waals surface area contributed by atoms with E-state index >= 15 is 0 Å². The van der Waals surface area contributed by atoms with Gasteiger partial charge < -0.3 is 19.5 Å². The SMILES string of the molecule is S=C(NCc1ccco1)N1CCN(c2nc(-c3ccccc3)cs2)CC1. The van der Waals surface area contributed by atoms with Gasteiger partial charge in [-0.25, -0.2) is 4.98 Å². The molecule has 0 radical (unpaired) electrons. The average molecular weight is 385 g/mol. The summed E-state index contributed by atoms with van der Waals surface area (Å²) in [5.41, 5.74) is 2.21. The smallest absolute Gasteiger partial charge is 0.185 e. The molecule has 2 aromatic heterocycles. The molecular weight excluding hydrogens is 364 g/mol. The van der Waals surface area contributed by atoms with Crippen molar-refractivity contribution >= 4 is 33.8 Å². The van der Waals surface area contributed by atoms with Gasteiger partial charge in [0.1, 0.15) is 5.76 Å². The van der Waals surface area contributed by atoms with Crippen LogP contribution in [0.2, 0.25) is 0 Å². The Kier molecular flexibility index (Phi) is 5.17. The van der Waals surface area contributed by atoms with Crippen LogP contribution in [0.3, 0.4) is 0 Å². The number of furan rings is 1. The van der Waals surface area contributed by atoms with E-state index in [0.717, 1.165) is 53.4 Å². The topological polar surface area (TPSA) is 44.5 Å². The first-order valence-corrected chi connectivity index (χ1v) is 9.89. The van der Waals surface area contributed by atoms with E-state index in [4.69, 9.17) is 21.6 Å². The van der Waals surface area contributed by atoms with Crippen molar-refractivity contribution in [3.63, 3.8) is 0 Å². The molecule has 0 spiro atoms. The number of anilines is 1. The van der Waals surface area contributed by atoms with Crippen molar-refractivity contribution in [3.05, 3.63) is 59.9 Å². The summed E-state index contributed by atoms with van der Waals surface area (Å²) in [5.74, 6) is 0.891. The highest BCUT2D eigenvalue weighted by Crippen LogP contribution is 2.27. The molecule has 0 amide bonds. The van der Waals surface area contributed by atoms with Crippen LogP contribution in [0.1, 0.15) is 5.76 Å². The summed E-state index contributed by atoms with van der Waals surface area (Å²) < 4.78 is 5.33.